The van der Waals surface area contributed by atoms with Crippen molar-refractivity contribution in [2.45, 2.75) is 43.6 Å². The molecule has 35 heavy (non-hydrogen) atoms. The maximum atomic E-state index is 14.4. The first-order valence-electron chi connectivity index (χ1n) is 11.3. The van der Waals surface area contributed by atoms with Crippen LogP contribution in [0.5, 0.6) is 11.5 Å². The number of rotatable bonds is 10. The topological polar surface area (TPSA) is 90.9 Å². The minimum atomic E-state index is -3.63. The molecule has 1 aliphatic heterocycles. The maximum Gasteiger partial charge on any atom is 0.264 e. The van der Waals surface area contributed by atoms with E-state index in [4.69, 9.17) is 25.3 Å². The van der Waals surface area contributed by atoms with Crippen molar-refractivity contribution in [1.29, 1.82) is 0 Å². The second-order valence-corrected chi connectivity index (χ2v) is 10.8. The molecule has 192 valence electrons. The van der Waals surface area contributed by atoms with E-state index in [1.165, 1.54) is 12.1 Å². The summed E-state index contributed by atoms with van der Waals surface area (Å²) in [6.07, 6.45) is 3.03. The van der Waals surface area contributed by atoms with Crippen LogP contribution in [0.25, 0.3) is 0 Å². The Kier molecular flexibility index (Phi) is 9.15. The van der Waals surface area contributed by atoms with Gasteiger partial charge >= 0.3 is 0 Å². The Balaban J connectivity index is 1.96. The van der Waals surface area contributed by atoms with E-state index in [1.807, 2.05) is 12.1 Å². The third kappa shape index (κ3) is 6.94. The van der Waals surface area contributed by atoms with E-state index < -0.39 is 27.4 Å². The van der Waals surface area contributed by atoms with Crippen LogP contribution in [-0.4, -0.2) is 53.9 Å². The lowest BCUT2D eigenvalue weighted by Crippen LogP contribution is -2.42. The van der Waals surface area contributed by atoms with E-state index in [9.17, 15) is 17.6 Å². The van der Waals surface area contributed by atoms with Crippen molar-refractivity contribution in [2.24, 2.45) is 0 Å². The summed E-state index contributed by atoms with van der Waals surface area (Å²) in [5.41, 5.74) is 0.465. The molecular weight excluding hydrogens is 497 g/mol. The van der Waals surface area contributed by atoms with Crippen LogP contribution < -0.4 is 14.8 Å². The summed E-state index contributed by atoms with van der Waals surface area (Å²) in [6, 6.07) is 9.32. The molecular formula is C25H31ClFNO6S. The van der Waals surface area contributed by atoms with Crippen LogP contribution in [0.3, 0.4) is 0 Å². The van der Waals surface area contributed by atoms with Gasteiger partial charge in [0.05, 0.1) is 33.1 Å². The highest BCUT2D eigenvalue weighted by atomic mass is 35.5. The Labute approximate surface area is 211 Å². The van der Waals surface area contributed by atoms with Gasteiger partial charge in [0.15, 0.2) is 17.3 Å². The number of ketones is 1. The average molecular weight is 528 g/mol. The SMILES string of the molecule is COc1ccc(C2(CCOS(C)(=O)=O)CCCNC(C(=O)Cc3c(F)cccc3Cl)C2)cc1OC. The minimum absolute atomic E-state index is 0.0345. The van der Waals surface area contributed by atoms with Crippen molar-refractivity contribution < 1.29 is 31.3 Å². The van der Waals surface area contributed by atoms with Gasteiger partial charge in [0.25, 0.3) is 10.1 Å². The molecule has 1 fully saturated rings. The normalized spacial score (nSPS) is 20.8. The molecule has 0 aliphatic carbocycles. The van der Waals surface area contributed by atoms with E-state index in [0.29, 0.717) is 37.3 Å². The highest BCUT2D eigenvalue weighted by molar-refractivity contribution is 7.85. The summed E-state index contributed by atoms with van der Waals surface area (Å²) < 4.78 is 53.6. The van der Waals surface area contributed by atoms with Crippen molar-refractivity contribution in [3.05, 3.63) is 58.4 Å². The summed E-state index contributed by atoms with van der Waals surface area (Å²) in [4.78, 5) is 13.3. The smallest absolute Gasteiger partial charge is 0.264 e. The summed E-state index contributed by atoms with van der Waals surface area (Å²) in [7, 11) is -0.541. The second kappa shape index (κ2) is 11.7. The fraction of sp³-hybridized carbons (Fsp3) is 0.480. The quantitative estimate of drug-likeness (QED) is 0.466. The molecule has 2 unspecified atom stereocenters. The van der Waals surface area contributed by atoms with Gasteiger partial charge in [-0.25, -0.2) is 4.39 Å². The van der Waals surface area contributed by atoms with Crippen LogP contribution in [0.1, 0.15) is 36.8 Å². The number of benzene rings is 2. The first-order chi connectivity index (χ1) is 16.6. The first-order valence-corrected chi connectivity index (χ1v) is 13.5. The van der Waals surface area contributed by atoms with Crippen molar-refractivity contribution in [3.8, 4) is 11.5 Å². The summed E-state index contributed by atoms with van der Waals surface area (Å²) in [6.45, 7) is 0.552. The number of hydrogen-bond acceptors (Lipinski definition) is 7. The molecule has 10 heteroatoms. The lowest BCUT2D eigenvalue weighted by molar-refractivity contribution is -0.120. The molecule has 3 rings (SSSR count). The van der Waals surface area contributed by atoms with E-state index in [1.54, 1.807) is 26.4 Å². The number of halogens is 2. The van der Waals surface area contributed by atoms with Gasteiger partial charge in [0.2, 0.25) is 0 Å². The standard InChI is InChI=1S/C25H31ClFNO6S/c1-32-23-9-8-17(14-24(23)33-2)25(11-13-34-35(3,30)31)10-5-12-28-21(16-25)22(29)15-18-19(26)6-4-7-20(18)27/h4,6-9,14,21,28H,5,10-13,15-16H2,1-3H3. The van der Waals surface area contributed by atoms with E-state index in [-0.39, 0.29) is 29.4 Å². The first kappa shape index (κ1) is 27.4. The highest BCUT2D eigenvalue weighted by Crippen LogP contribution is 2.42. The van der Waals surface area contributed by atoms with Gasteiger partial charge in [-0.1, -0.05) is 23.7 Å². The van der Waals surface area contributed by atoms with Gasteiger partial charge in [0.1, 0.15) is 5.82 Å². The van der Waals surface area contributed by atoms with Crippen LogP contribution in [0, 0.1) is 5.82 Å². The molecule has 2 aromatic rings. The highest BCUT2D eigenvalue weighted by Gasteiger charge is 2.39. The van der Waals surface area contributed by atoms with Crippen molar-refractivity contribution in [1.82, 2.24) is 5.32 Å². The zero-order valence-corrected chi connectivity index (χ0v) is 21.7. The third-order valence-electron chi connectivity index (χ3n) is 6.49. The van der Waals surface area contributed by atoms with E-state index in [0.717, 1.165) is 18.2 Å². The Morgan fingerprint density at radius 2 is 1.94 bits per heavy atom. The van der Waals surface area contributed by atoms with Gasteiger partial charge < -0.3 is 14.8 Å². The molecule has 2 aromatic carbocycles. The predicted molar refractivity (Wildman–Crippen MR) is 132 cm³/mol. The van der Waals surface area contributed by atoms with Gasteiger partial charge in [-0.2, -0.15) is 8.42 Å². The molecule has 1 heterocycles. The summed E-state index contributed by atoms with van der Waals surface area (Å²) >= 11 is 6.16. The van der Waals surface area contributed by atoms with Crippen molar-refractivity contribution in [2.75, 3.05) is 33.6 Å². The zero-order chi connectivity index (χ0) is 25.6. The van der Waals surface area contributed by atoms with Crippen LogP contribution in [-0.2, 0) is 30.9 Å². The number of carbonyl (C=O) groups excluding carboxylic acids is 1. The predicted octanol–water partition coefficient (Wildman–Crippen LogP) is 4.05. The fourth-order valence-corrected chi connectivity index (χ4v) is 5.30. The molecule has 0 bridgehead atoms. The molecule has 0 amide bonds. The van der Waals surface area contributed by atoms with Crippen LogP contribution >= 0.6 is 11.6 Å². The molecule has 0 saturated carbocycles. The molecule has 0 radical (unpaired) electrons. The summed E-state index contributed by atoms with van der Waals surface area (Å²) in [5, 5.41) is 3.50. The largest absolute Gasteiger partial charge is 0.493 e. The summed E-state index contributed by atoms with van der Waals surface area (Å²) in [5.74, 6) is 0.388. The maximum absolute atomic E-state index is 14.4. The van der Waals surface area contributed by atoms with Crippen molar-refractivity contribution in [3.63, 3.8) is 0 Å². The molecule has 1 saturated heterocycles. The third-order valence-corrected chi connectivity index (χ3v) is 7.44. The van der Waals surface area contributed by atoms with E-state index in [2.05, 4.69) is 5.32 Å². The van der Waals surface area contributed by atoms with Gasteiger partial charge in [0, 0.05) is 17.0 Å². The Morgan fingerprint density at radius 3 is 2.60 bits per heavy atom. The molecule has 7 nitrogen and oxygen atoms in total. The number of carbonyl (C=O) groups is 1. The average Bonchev–Trinajstić information content (AvgIpc) is 3.04. The number of ether oxygens (including phenoxy) is 2. The lowest BCUT2D eigenvalue weighted by Gasteiger charge is -2.35. The number of Topliss-reactive ketones (excluding diaryl/α,β-unsaturated/α-hetero) is 1. The van der Waals surface area contributed by atoms with Gasteiger partial charge in [-0.05, 0) is 67.5 Å². The molecule has 0 spiro atoms. The Bertz CT molecular complexity index is 1140. The second-order valence-electron chi connectivity index (χ2n) is 8.78. The van der Waals surface area contributed by atoms with Gasteiger partial charge in [-0.3, -0.25) is 8.98 Å². The number of hydrogen-bond donors (Lipinski definition) is 1. The molecule has 1 aliphatic rings. The molecule has 2 atom stereocenters. The number of nitrogens with one attached hydrogen (secondary N) is 1. The van der Waals surface area contributed by atoms with Gasteiger partial charge in [-0.15, -0.1) is 0 Å². The lowest BCUT2D eigenvalue weighted by atomic mass is 9.70. The van der Waals surface area contributed by atoms with Crippen LogP contribution in [0.4, 0.5) is 4.39 Å². The monoisotopic (exact) mass is 527 g/mol. The zero-order valence-electron chi connectivity index (χ0n) is 20.1. The van der Waals surface area contributed by atoms with E-state index >= 15 is 0 Å². The van der Waals surface area contributed by atoms with Crippen molar-refractivity contribution >= 4 is 27.5 Å². The Hall–Kier alpha value is -2.20. The Morgan fingerprint density at radius 1 is 1.20 bits per heavy atom. The minimum Gasteiger partial charge on any atom is -0.493 e. The fourth-order valence-electron chi connectivity index (χ4n) is 4.68. The van der Waals surface area contributed by atoms with Crippen LogP contribution in [0.15, 0.2) is 36.4 Å². The molecule has 0 aromatic heterocycles. The van der Waals surface area contributed by atoms with Crippen LogP contribution in [0.2, 0.25) is 5.02 Å². The number of methoxy groups -OCH3 is 2. The molecule has 1 N–H and O–H groups in total.